The molecule has 0 aliphatic rings. The zero-order chi connectivity index (χ0) is 17.4. The number of nitrogens with one attached hydrogen (secondary N) is 2. The summed E-state index contributed by atoms with van der Waals surface area (Å²) in [6.07, 6.45) is 0.807. The van der Waals surface area contributed by atoms with Gasteiger partial charge >= 0.3 is 5.97 Å². The highest BCUT2D eigenvalue weighted by Crippen LogP contribution is 2.17. The Hall–Kier alpha value is -2.57. The molecule has 0 aliphatic carbocycles. The van der Waals surface area contributed by atoms with Crippen LogP contribution in [-0.2, 0) is 14.3 Å². The predicted molar refractivity (Wildman–Crippen MR) is 86.8 cm³/mol. The number of nitrogens with two attached hydrogens (primary N) is 1. The molecule has 7 nitrogen and oxygen atoms in total. The molecule has 0 saturated heterocycles. The number of amides is 2. The van der Waals surface area contributed by atoms with Gasteiger partial charge in [-0.25, -0.2) is 4.79 Å². The minimum atomic E-state index is -0.697. The Bertz CT molecular complexity index is 587. The van der Waals surface area contributed by atoms with E-state index < -0.39 is 24.5 Å². The lowest BCUT2D eigenvalue weighted by molar-refractivity contribution is -0.130. The Morgan fingerprint density at radius 2 is 2.00 bits per heavy atom. The van der Waals surface area contributed by atoms with E-state index in [0.717, 1.165) is 12.0 Å². The molecule has 1 atom stereocenters. The van der Waals surface area contributed by atoms with Crippen LogP contribution in [0.3, 0.4) is 0 Å². The van der Waals surface area contributed by atoms with Crippen molar-refractivity contribution in [2.24, 2.45) is 0 Å². The summed E-state index contributed by atoms with van der Waals surface area (Å²) in [6.45, 7) is 5.33. The molecule has 0 unspecified atom stereocenters. The van der Waals surface area contributed by atoms with Gasteiger partial charge in [-0.15, -0.1) is 0 Å². The summed E-state index contributed by atoms with van der Waals surface area (Å²) in [6, 6.07) is 4.29. The van der Waals surface area contributed by atoms with Crippen LogP contribution in [0, 0.1) is 6.92 Å². The molecule has 0 bridgehead atoms. The van der Waals surface area contributed by atoms with Crippen molar-refractivity contribution in [1.82, 2.24) is 10.6 Å². The third-order valence-corrected chi connectivity index (χ3v) is 3.20. The number of anilines is 1. The average Bonchev–Trinajstić information content (AvgIpc) is 2.52. The molecular formula is C16H23N3O4. The van der Waals surface area contributed by atoms with Crippen LogP contribution in [0.25, 0.3) is 0 Å². The predicted octanol–water partition coefficient (Wildman–Crippen LogP) is 0.765. The summed E-state index contributed by atoms with van der Waals surface area (Å²) >= 11 is 0. The van der Waals surface area contributed by atoms with Crippen LogP contribution in [0.1, 0.15) is 36.2 Å². The van der Waals surface area contributed by atoms with E-state index >= 15 is 0 Å². The van der Waals surface area contributed by atoms with Crippen molar-refractivity contribution in [2.45, 2.75) is 33.2 Å². The highest BCUT2D eigenvalue weighted by atomic mass is 16.5. The van der Waals surface area contributed by atoms with E-state index in [2.05, 4.69) is 10.6 Å². The number of benzene rings is 1. The molecule has 1 aromatic carbocycles. The molecule has 126 valence electrons. The topological polar surface area (TPSA) is 111 Å². The number of hydrogen-bond acceptors (Lipinski definition) is 5. The Kier molecular flexibility index (Phi) is 7.05. The minimum absolute atomic E-state index is 0.214. The van der Waals surface area contributed by atoms with Crippen molar-refractivity contribution in [3.8, 4) is 0 Å². The normalized spacial score (nSPS) is 11.4. The second-order valence-corrected chi connectivity index (χ2v) is 5.19. The number of aryl methyl sites for hydroxylation is 1. The first-order chi connectivity index (χ1) is 10.9. The first-order valence-corrected chi connectivity index (χ1v) is 7.46. The summed E-state index contributed by atoms with van der Waals surface area (Å²) in [5.41, 5.74) is 7.10. The third-order valence-electron chi connectivity index (χ3n) is 3.20. The summed E-state index contributed by atoms with van der Waals surface area (Å²) in [7, 11) is 0. The summed E-state index contributed by atoms with van der Waals surface area (Å²) < 4.78 is 4.92. The van der Waals surface area contributed by atoms with E-state index in [1.54, 1.807) is 26.0 Å². The van der Waals surface area contributed by atoms with Gasteiger partial charge in [0.1, 0.15) is 6.04 Å². The molecule has 0 fully saturated rings. The Balaban J connectivity index is 2.48. The fourth-order valence-electron chi connectivity index (χ4n) is 1.82. The molecule has 23 heavy (non-hydrogen) atoms. The maximum absolute atomic E-state index is 11.9. The fraction of sp³-hybridized carbons (Fsp3) is 0.438. The Morgan fingerprint density at radius 1 is 1.30 bits per heavy atom. The quantitative estimate of drug-likeness (QED) is 0.507. The largest absolute Gasteiger partial charge is 0.452 e. The van der Waals surface area contributed by atoms with Gasteiger partial charge in [-0.3, -0.25) is 9.59 Å². The summed E-state index contributed by atoms with van der Waals surface area (Å²) in [5, 5.41) is 5.13. The second kappa shape index (κ2) is 8.77. The van der Waals surface area contributed by atoms with Gasteiger partial charge in [-0.2, -0.15) is 0 Å². The first kappa shape index (κ1) is 18.5. The number of nitrogen functional groups attached to an aromatic ring is 1. The van der Waals surface area contributed by atoms with Gasteiger partial charge in [0, 0.05) is 12.2 Å². The number of carbonyl (C=O) groups is 3. The molecule has 0 spiro atoms. The number of ether oxygens (including phenoxy) is 1. The van der Waals surface area contributed by atoms with Gasteiger partial charge in [0.15, 0.2) is 6.61 Å². The highest BCUT2D eigenvalue weighted by Gasteiger charge is 2.17. The van der Waals surface area contributed by atoms with E-state index in [-0.39, 0.29) is 11.5 Å². The molecule has 0 aromatic heterocycles. The molecule has 0 saturated carbocycles. The van der Waals surface area contributed by atoms with Crippen LogP contribution in [-0.4, -0.2) is 37.0 Å². The molecule has 1 rings (SSSR count). The zero-order valence-corrected chi connectivity index (χ0v) is 13.6. The van der Waals surface area contributed by atoms with Gasteiger partial charge in [0.2, 0.25) is 5.91 Å². The molecule has 0 radical (unpaired) electrons. The van der Waals surface area contributed by atoms with Crippen molar-refractivity contribution in [3.05, 3.63) is 29.3 Å². The van der Waals surface area contributed by atoms with Crippen molar-refractivity contribution >= 4 is 23.5 Å². The lowest BCUT2D eigenvalue weighted by atomic mass is 10.1. The van der Waals surface area contributed by atoms with Gasteiger partial charge in [0.25, 0.3) is 5.91 Å². The van der Waals surface area contributed by atoms with E-state index in [4.69, 9.17) is 10.5 Å². The molecular weight excluding hydrogens is 298 g/mol. The lowest BCUT2D eigenvalue weighted by Gasteiger charge is -2.14. The van der Waals surface area contributed by atoms with Crippen molar-refractivity contribution < 1.29 is 19.1 Å². The first-order valence-electron chi connectivity index (χ1n) is 7.46. The van der Waals surface area contributed by atoms with Crippen LogP contribution in [0.4, 0.5) is 5.69 Å². The van der Waals surface area contributed by atoms with Crippen molar-refractivity contribution in [2.75, 3.05) is 18.9 Å². The number of rotatable bonds is 7. The zero-order valence-electron chi connectivity index (χ0n) is 13.6. The number of para-hydroxylation sites is 1. The molecule has 0 heterocycles. The van der Waals surface area contributed by atoms with Crippen LogP contribution in [0.5, 0.6) is 0 Å². The van der Waals surface area contributed by atoms with E-state index in [0.29, 0.717) is 12.2 Å². The van der Waals surface area contributed by atoms with Crippen LogP contribution >= 0.6 is 0 Å². The standard InChI is InChI=1S/C16H23N3O4/c1-4-8-18-15(21)11(3)19-13(20)9-23-16(22)12-7-5-6-10(2)14(12)17/h5-7,11H,4,8-9,17H2,1-3H3,(H,18,21)(H,19,20)/t11-/m0/s1. The van der Waals surface area contributed by atoms with Crippen LogP contribution in [0.15, 0.2) is 18.2 Å². The number of carbonyl (C=O) groups excluding carboxylic acids is 3. The molecule has 4 N–H and O–H groups in total. The van der Waals surface area contributed by atoms with E-state index in [1.807, 2.05) is 6.92 Å². The number of esters is 1. The van der Waals surface area contributed by atoms with Gasteiger partial charge in [-0.1, -0.05) is 19.1 Å². The van der Waals surface area contributed by atoms with Crippen molar-refractivity contribution in [1.29, 1.82) is 0 Å². The molecule has 7 heteroatoms. The van der Waals surface area contributed by atoms with Crippen molar-refractivity contribution in [3.63, 3.8) is 0 Å². The van der Waals surface area contributed by atoms with Gasteiger partial charge in [0.05, 0.1) is 5.56 Å². The van der Waals surface area contributed by atoms with Crippen LogP contribution < -0.4 is 16.4 Å². The SMILES string of the molecule is CCCNC(=O)[C@H](C)NC(=O)COC(=O)c1cccc(C)c1N. The minimum Gasteiger partial charge on any atom is -0.452 e. The fourth-order valence-corrected chi connectivity index (χ4v) is 1.82. The maximum Gasteiger partial charge on any atom is 0.340 e. The maximum atomic E-state index is 11.9. The second-order valence-electron chi connectivity index (χ2n) is 5.19. The highest BCUT2D eigenvalue weighted by molar-refractivity contribution is 5.97. The van der Waals surface area contributed by atoms with E-state index in [1.165, 1.54) is 6.07 Å². The Morgan fingerprint density at radius 3 is 2.65 bits per heavy atom. The van der Waals surface area contributed by atoms with Crippen LogP contribution in [0.2, 0.25) is 0 Å². The summed E-state index contributed by atoms with van der Waals surface area (Å²) in [5.74, 6) is -1.51. The lowest BCUT2D eigenvalue weighted by Crippen LogP contribution is -2.46. The van der Waals surface area contributed by atoms with Gasteiger partial charge in [-0.05, 0) is 31.9 Å². The Labute approximate surface area is 135 Å². The average molecular weight is 321 g/mol. The summed E-state index contributed by atoms with van der Waals surface area (Å²) in [4.78, 5) is 35.3. The number of hydrogen-bond donors (Lipinski definition) is 3. The third kappa shape index (κ3) is 5.61. The molecule has 1 aromatic rings. The molecule has 0 aliphatic heterocycles. The monoisotopic (exact) mass is 321 g/mol. The molecule has 2 amide bonds. The van der Waals surface area contributed by atoms with E-state index in [9.17, 15) is 14.4 Å². The smallest absolute Gasteiger partial charge is 0.340 e. The van der Waals surface area contributed by atoms with Gasteiger partial charge < -0.3 is 21.1 Å².